The van der Waals surface area contributed by atoms with Crippen molar-refractivity contribution in [2.75, 3.05) is 25.6 Å². The number of carbonyl (C=O) groups is 1. The Morgan fingerprint density at radius 2 is 1.79 bits per heavy atom. The van der Waals surface area contributed by atoms with E-state index in [9.17, 15) is 4.79 Å². The molecule has 0 atom stereocenters. The van der Waals surface area contributed by atoms with Gasteiger partial charge in [-0.3, -0.25) is 9.78 Å². The Morgan fingerprint density at radius 3 is 2.48 bits per heavy atom. The molecule has 0 saturated heterocycles. The molecule has 5 rings (SSSR count). The van der Waals surface area contributed by atoms with Gasteiger partial charge >= 0.3 is 0 Å². The van der Waals surface area contributed by atoms with Gasteiger partial charge in [0.2, 0.25) is 0 Å². The molecule has 0 N–H and O–H groups in total. The predicted molar refractivity (Wildman–Crippen MR) is 130 cm³/mol. The highest BCUT2D eigenvalue weighted by Gasteiger charge is 2.32. The van der Waals surface area contributed by atoms with Crippen molar-refractivity contribution in [1.29, 1.82) is 0 Å². The second kappa shape index (κ2) is 8.79. The standard InChI is InChI=1S/C28H24N2O3/c1-30(2)22-7-5-19(6-8-22)11-15-33-23-9-10-24-25(16-23)28(31)27(20-4-3-13-29-17-20)26(24)21-12-14-32-18-21/h3-10,12-14,16-18H,11,15H2,1-2H3. The highest BCUT2D eigenvalue weighted by molar-refractivity contribution is 6.41. The number of Topliss-reactive ketones (excluding diaryl/α,β-unsaturated/α-hetero) is 1. The number of ether oxygens (including phenoxy) is 1. The summed E-state index contributed by atoms with van der Waals surface area (Å²) in [6, 6.07) is 19.8. The van der Waals surface area contributed by atoms with Crippen molar-refractivity contribution in [3.8, 4) is 5.75 Å². The summed E-state index contributed by atoms with van der Waals surface area (Å²) < 4.78 is 11.3. The van der Waals surface area contributed by atoms with Crippen molar-refractivity contribution < 1.29 is 13.9 Å². The molecule has 1 aliphatic carbocycles. The number of rotatable bonds is 7. The number of pyridine rings is 1. The zero-order chi connectivity index (χ0) is 22.8. The number of nitrogens with zero attached hydrogens (tertiary/aromatic N) is 2. The Bertz CT molecular complexity index is 1310. The van der Waals surface area contributed by atoms with Gasteiger partial charge in [-0.05, 0) is 53.6 Å². The molecule has 0 aliphatic heterocycles. The number of aromatic nitrogens is 1. The maximum absolute atomic E-state index is 13.5. The lowest BCUT2D eigenvalue weighted by molar-refractivity contribution is 0.105. The Morgan fingerprint density at radius 1 is 0.939 bits per heavy atom. The fourth-order valence-corrected chi connectivity index (χ4v) is 4.14. The van der Waals surface area contributed by atoms with Crippen LogP contribution >= 0.6 is 0 Å². The monoisotopic (exact) mass is 436 g/mol. The highest BCUT2D eigenvalue weighted by Crippen LogP contribution is 2.43. The average molecular weight is 437 g/mol. The number of furan rings is 1. The lowest BCUT2D eigenvalue weighted by Gasteiger charge is -2.13. The van der Waals surface area contributed by atoms with Crippen LogP contribution in [0.25, 0.3) is 11.1 Å². The largest absolute Gasteiger partial charge is 0.493 e. The van der Waals surface area contributed by atoms with E-state index in [0.717, 1.165) is 28.7 Å². The SMILES string of the molecule is CN(C)c1ccc(CCOc2ccc3c(c2)C(=O)C(c2cccnc2)=C3c2ccoc2)cc1. The van der Waals surface area contributed by atoms with Crippen LogP contribution in [-0.4, -0.2) is 31.5 Å². The molecule has 0 fully saturated rings. The lowest BCUT2D eigenvalue weighted by Crippen LogP contribution is -2.08. The van der Waals surface area contributed by atoms with Gasteiger partial charge < -0.3 is 14.1 Å². The van der Waals surface area contributed by atoms with E-state index in [4.69, 9.17) is 9.15 Å². The molecule has 5 nitrogen and oxygen atoms in total. The van der Waals surface area contributed by atoms with Crippen molar-refractivity contribution in [2.24, 2.45) is 0 Å². The molecule has 2 aromatic heterocycles. The molecule has 2 heterocycles. The Labute approximate surface area is 193 Å². The van der Waals surface area contributed by atoms with E-state index >= 15 is 0 Å². The minimum Gasteiger partial charge on any atom is -0.493 e. The van der Waals surface area contributed by atoms with Gasteiger partial charge in [-0.25, -0.2) is 0 Å². The summed E-state index contributed by atoms with van der Waals surface area (Å²) in [7, 11) is 4.06. The second-order valence-corrected chi connectivity index (χ2v) is 8.20. The normalized spacial score (nSPS) is 12.7. The number of hydrogen-bond donors (Lipinski definition) is 0. The molecular weight excluding hydrogens is 412 g/mol. The molecule has 0 bridgehead atoms. The van der Waals surface area contributed by atoms with Crippen LogP contribution in [0.1, 0.15) is 32.6 Å². The molecule has 0 unspecified atom stereocenters. The first-order valence-electron chi connectivity index (χ1n) is 10.9. The zero-order valence-corrected chi connectivity index (χ0v) is 18.6. The first-order chi connectivity index (χ1) is 16.1. The molecule has 0 saturated carbocycles. The number of fused-ring (bicyclic) bond motifs is 1. The van der Waals surface area contributed by atoms with Gasteiger partial charge in [0, 0.05) is 66.4 Å². The van der Waals surface area contributed by atoms with E-state index in [-0.39, 0.29) is 5.78 Å². The minimum absolute atomic E-state index is 0.0288. The molecule has 33 heavy (non-hydrogen) atoms. The van der Waals surface area contributed by atoms with E-state index in [1.54, 1.807) is 24.9 Å². The van der Waals surface area contributed by atoms with Gasteiger partial charge in [-0.1, -0.05) is 18.2 Å². The van der Waals surface area contributed by atoms with Crippen molar-refractivity contribution in [1.82, 2.24) is 4.98 Å². The van der Waals surface area contributed by atoms with Gasteiger partial charge in [-0.2, -0.15) is 0 Å². The van der Waals surface area contributed by atoms with E-state index in [2.05, 4.69) is 34.1 Å². The van der Waals surface area contributed by atoms with Crippen LogP contribution in [0, 0.1) is 0 Å². The van der Waals surface area contributed by atoms with Crippen molar-refractivity contribution >= 4 is 22.6 Å². The Hall–Kier alpha value is -4.12. The van der Waals surface area contributed by atoms with Gasteiger partial charge in [0.25, 0.3) is 0 Å². The Balaban J connectivity index is 1.38. The van der Waals surface area contributed by atoms with Crippen LogP contribution in [0.15, 0.2) is 90.0 Å². The summed E-state index contributed by atoms with van der Waals surface area (Å²) in [5.41, 5.74) is 7.06. The third kappa shape index (κ3) is 4.05. The highest BCUT2D eigenvalue weighted by atomic mass is 16.5. The van der Waals surface area contributed by atoms with E-state index < -0.39 is 0 Å². The summed E-state index contributed by atoms with van der Waals surface area (Å²) in [5, 5.41) is 0. The Kier molecular flexibility index (Phi) is 5.53. The quantitative estimate of drug-likeness (QED) is 0.382. The number of benzene rings is 2. The summed E-state index contributed by atoms with van der Waals surface area (Å²) in [5.74, 6) is 0.657. The first kappa shape index (κ1) is 20.8. The van der Waals surface area contributed by atoms with E-state index in [0.29, 0.717) is 23.5 Å². The minimum atomic E-state index is -0.0288. The third-order valence-electron chi connectivity index (χ3n) is 5.85. The fourth-order valence-electron chi connectivity index (χ4n) is 4.14. The number of carbonyl (C=O) groups excluding carboxylic acids is 1. The summed E-state index contributed by atoms with van der Waals surface area (Å²) >= 11 is 0. The lowest BCUT2D eigenvalue weighted by atomic mass is 9.97. The molecule has 1 aliphatic rings. The van der Waals surface area contributed by atoms with Crippen LogP contribution < -0.4 is 9.64 Å². The first-order valence-corrected chi connectivity index (χ1v) is 10.9. The van der Waals surface area contributed by atoms with Crippen LogP contribution in [0.4, 0.5) is 5.69 Å². The number of anilines is 1. The third-order valence-corrected chi connectivity index (χ3v) is 5.85. The fraction of sp³-hybridized carbons (Fsp3) is 0.143. The summed E-state index contributed by atoms with van der Waals surface area (Å²) in [6.45, 7) is 0.533. The van der Waals surface area contributed by atoms with Crippen LogP contribution in [-0.2, 0) is 6.42 Å². The molecule has 2 aromatic carbocycles. The molecule has 4 aromatic rings. The molecule has 164 valence electrons. The average Bonchev–Trinajstić information content (AvgIpc) is 3.46. The summed E-state index contributed by atoms with van der Waals surface area (Å²) in [4.78, 5) is 19.7. The summed E-state index contributed by atoms with van der Waals surface area (Å²) in [6.07, 6.45) is 7.50. The van der Waals surface area contributed by atoms with Crippen LogP contribution in [0.3, 0.4) is 0 Å². The van der Waals surface area contributed by atoms with Gasteiger partial charge in [0.05, 0.1) is 19.1 Å². The maximum atomic E-state index is 13.5. The smallest absolute Gasteiger partial charge is 0.195 e. The van der Waals surface area contributed by atoms with Gasteiger partial charge in [0.15, 0.2) is 5.78 Å². The van der Waals surface area contributed by atoms with Gasteiger partial charge in [0.1, 0.15) is 5.75 Å². The predicted octanol–water partition coefficient (Wildman–Crippen LogP) is 5.52. The van der Waals surface area contributed by atoms with Crippen molar-refractivity contribution in [2.45, 2.75) is 6.42 Å². The second-order valence-electron chi connectivity index (χ2n) is 8.20. The maximum Gasteiger partial charge on any atom is 0.195 e. The number of hydrogen-bond acceptors (Lipinski definition) is 5. The van der Waals surface area contributed by atoms with Crippen LogP contribution in [0.5, 0.6) is 5.75 Å². The molecule has 0 spiro atoms. The molecule has 0 radical (unpaired) electrons. The topological polar surface area (TPSA) is 55.6 Å². The molecule has 5 heteroatoms. The zero-order valence-electron chi connectivity index (χ0n) is 18.6. The van der Waals surface area contributed by atoms with Crippen molar-refractivity contribution in [3.05, 3.63) is 113 Å². The molecular formula is C28H24N2O3. The van der Waals surface area contributed by atoms with E-state index in [1.165, 1.54) is 11.3 Å². The number of allylic oxidation sites excluding steroid dienone is 1. The number of ketones is 1. The van der Waals surface area contributed by atoms with Gasteiger partial charge in [-0.15, -0.1) is 0 Å². The van der Waals surface area contributed by atoms with Crippen molar-refractivity contribution in [3.63, 3.8) is 0 Å². The van der Waals surface area contributed by atoms with E-state index in [1.807, 2.05) is 50.5 Å². The molecule has 0 amide bonds. The van der Waals surface area contributed by atoms with Crippen LogP contribution in [0.2, 0.25) is 0 Å².